The molecule has 0 aliphatic carbocycles. The summed E-state index contributed by atoms with van der Waals surface area (Å²) in [5.74, 6) is 1.72. The van der Waals surface area contributed by atoms with Crippen LogP contribution in [0, 0.1) is 6.92 Å². The first-order valence-electron chi connectivity index (χ1n) is 8.98. The van der Waals surface area contributed by atoms with E-state index in [0.717, 1.165) is 50.1 Å². The monoisotopic (exact) mass is 350 g/mol. The molecule has 0 saturated heterocycles. The van der Waals surface area contributed by atoms with Crippen molar-refractivity contribution < 1.29 is 8.83 Å². The molecule has 5 aromatic rings. The smallest absolute Gasteiger partial charge is 0.136 e. The Kier molecular flexibility index (Phi) is 3.51. The molecule has 2 aromatic heterocycles. The van der Waals surface area contributed by atoms with E-state index >= 15 is 0 Å². The minimum absolute atomic E-state index is 0.840. The molecule has 0 bridgehead atoms. The number of hydrogen-bond donors (Lipinski definition) is 0. The van der Waals surface area contributed by atoms with E-state index in [1.54, 1.807) is 0 Å². The van der Waals surface area contributed by atoms with Crippen LogP contribution in [0.3, 0.4) is 0 Å². The van der Waals surface area contributed by atoms with Gasteiger partial charge in [0.15, 0.2) is 0 Å². The summed E-state index contributed by atoms with van der Waals surface area (Å²) in [6.07, 6.45) is 1.85. The average molecular weight is 350 g/mol. The first-order chi connectivity index (χ1) is 13.2. The lowest BCUT2D eigenvalue weighted by molar-refractivity contribution is 0.627. The Labute approximate surface area is 157 Å². The fourth-order valence-electron chi connectivity index (χ4n) is 3.59. The second-order valence-electron chi connectivity index (χ2n) is 6.76. The number of furan rings is 2. The van der Waals surface area contributed by atoms with Gasteiger partial charge in [-0.25, -0.2) is 0 Å². The van der Waals surface area contributed by atoms with Crippen molar-refractivity contribution in [3.8, 4) is 22.6 Å². The van der Waals surface area contributed by atoms with Crippen molar-refractivity contribution in [2.45, 2.75) is 6.92 Å². The zero-order chi connectivity index (χ0) is 18.4. The van der Waals surface area contributed by atoms with E-state index in [4.69, 9.17) is 8.83 Å². The van der Waals surface area contributed by atoms with Crippen LogP contribution in [0.2, 0.25) is 0 Å². The predicted octanol–water partition coefficient (Wildman–Crippen LogP) is 7.46. The third kappa shape index (κ3) is 2.58. The second-order valence-corrected chi connectivity index (χ2v) is 6.76. The van der Waals surface area contributed by atoms with Gasteiger partial charge >= 0.3 is 0 Å². The maximum absolute atomic E-state index is 6.15. The highest BCUT2D eigenvalue weighted by Crippen LogP contribution is 2.36. The summed E-state index contributed by atoms with van der Waals surface area (Å²) >= 11 is 0. The van der Waals surface area contributed by atoms with E-state index in [-0.39, 0.29) is 0 Å². The lowest BCUT2D eigenvalue weighted by atomic mass is 10.1. The number of hydrogen-bond acceptors (Lipinski definition) is 2. The van der Waals surface area contributed by atoms with Crippen LogP contribution in [0.5, 0.6) is 0 Å². The van der Waals surface area contributed by atoms with Gasteiger partial charge in [-0.1, -0.05) is 61.2 Å². The lowest BCUT2D eigenvalue weighted by Gasteiger charge is -2.01. The molecule has 0 N–H and O–H groups in total. The van der Waals surface area contributed by atoms with Crippen LogP contribution < -0.4 is 0 Å². The van der Waals surface area contributed by atoms with Crippen molar-refractivity contribution in [1.29, 1.82) is 0 Å². The molecule has 2 heteroatoms. The zero-order valence-corrected chi connectivity index (χ0v) is 15.0. The highest BCUT2D eigenvalue weighted by atomic mass is 16.3. The van der Waals surface area contributed by atoms with Crippen LogP contribution in [-0.2, 0) is 0 Å². The molecule has 0 amide bonds. The number of rotatable bonds is 3. The molecule has 27 heavy (non-hydrogen) atoms. The van der Waals surface area contributed by atoms with Crippen molar-refractivity contribution in [3.63, 3.8) is 0 Å². The fraction of sp³-hybridized carbons (Fsp3) is 0.0400. The first kappa shape index (κ1) is 15.7. The van der Waals surface area contributed by atoms with Gasteiger partial charge in [-0.3, -0.25) is 0 Å². The standard InChI is InChI=1S/C25H18O2/c1-3-17-9-5-7-11-21(17)25-15-19-13-22-18(12-23(19)27-25)14-24(26-22)20-10-6-4-8-16(20)2/h3-15H,1H2,2H3. The minimum Gasteiger partial charge on any atom is -0.456 e. The Morgan fingerprint density at radius 1 is 0.704 bits per heavy atom. The normalized spacial score (nSPS) is 11.3. The van der Waals surface area contributed by atoms with Crippen molar-refractivity contribution in [2.24, 2.45) is 0 Å². The van der Waals surface area contributed by atoms with Gasteiger partial charge in [-0.05, 0) is 42.3 Å². The molecule has 3 aromatic carbocycles. The SMILES string of the molecule is C=Cc1ccccc1-c1cc2cc3oc(-c4ccccc4C)cc3cc2o1. The van der Waals surface area contributed by atoms with E-state index in [0.29, 0.717) is 0 Å². The summed E-state index contributed by atoms with van der Waals surface area (Å²) in [5, 5.41) is 2.07. The number of aryl methyl sites for hydroxylation is 1. The largest absolute Gasteiger partial charge is 0.456 e. The molecule has 0 aliphatic rings. The van der Waals surface area contributed by atoms with Crippen LogP contribution in [0.25, 0.3) is 50.7 Å². The van der Waals surface area contributed by atoms with Gasteiger partial charge in [-0.15, -0.1) is 0 Å². The third-order valence-corrected chi connectivity index (χ3v) is 5.01. The molecule has 0 radical (unpaired) electrons. The van der Waals surface area contributed by atoms with Crippen LogP contribution in [0.15, 0.2) is 88.2 Å². The van der Waals surface area contributed by atoms with Gasteiger partial charge in [0.05, 0.1) is 0 Å². The van der Waals surface area contributed by atoms with E-state index in [1.807, 2.05) is 36.4 Å². The molecule has 0 spiro atoms. The molecule has 0 saturated carbocycles. The molecule has 0 atom stereocenters. The lowest BCUT2D eigenvalue weighted by Crippen LogP contribution is -1.78. The Balaban J connectivity index is 1.65. The molecular formula is C25H18O2. The maximum Gasteiger partial charge on any atom is 0.136 e. The van der Waals surface area contributed by atoms with Crippen molar-refractivity contribution in [3.05, 3.63) is 90.5 Å². The molecule has 0 aliphatic heterocycles. The highest BCUT2D eigenvalue weighted by Gasteiger charge is 2.13. The molecule has 130 valence electrons. The molecular weight excluding hydrogens is 332 g/mol. The van der Waals surface area contributed by atoms with E-state index in [9.17, 15) is 0 Å². The molecule has 2 nitrogen and oxygen atoms in total. The van der Waals surface area contributed by atoms with E-state index in [1.165, 1.54) is 5.56 Å². The van der Waals surface area contributed by atoms with Crippen molar-refractivity contribution in [1.82, 2.24) is 0 Å². The summed E-state index contributed by atoms with van der Waals surface area (Å²) in [4.78, 5) is 0. The van der Waals surface area contributed by atoms with E-state index < -0.39 is 0 Å². The van der Waals surface area contributed by atoms with Gasteiger partial charge in [0.25, 0.3) is 0 Å². The second kappa shape index (κ2) is 6.03. The van der Waals surface area contributed by atoms with Gasteiger partial charge < -0.3 is 8.83 Å². The van der Waals surface area contributed by atoms with E-state index in [2.05, 4.69) is 56.0 Å². The van der Waals surface area contributed by atoms with Gasteiger partial charge in [0.2, 0.25) is 0 Å². The zero-order valence-electron chi connectivity index (χ0n) is 15.0. The van der Waals surface area contributed by atoms with Crippen molar-refractivity contribution in [2.75, 3.05) is 0 Å². The molecule has 0 fully saturated rings. The number of fused-ring (bicyclic) bond motifs is 2. The van der Waals surface area contributed by atoms with Gasteiger partial charge in [-0.2, -0.15) is 0 Å². The summed E-state index contributed by atoms with van der Waals surface area (Å²) < 4.78 is 12.3. The Hall–Kier alpha value is -3.52. The van der Waals surface area contributed by atoms with Crippen molar-refractivity contribution >= 4 is 28.0 Å². The van der Waals surface area contributed by atoms with Crippen LogP contribution in [-0.4, -0.2) is 0 Å². The summed E-state index contributed by atoms with van der Waals surface area (Å²) in [5.41, 5.74) is 6.14. The van der Waals surface area contributed by atoms with Crippen LogP contribution in [0.4, 0.5) is 0 Å². The molecule has 2 heterocycles. The average Bonchev–Trinajstić information content (AvgIpc) is 3.29. The fourth-order valence-corrected chi connectivity index (χ4v) is 3.59. The Morgan fingerprint density at radius 3 is 1.89 bits per heavy atom. The van der Waals surface area contributed by atoms with Crippen LogP contribution in [0.1, 0.15) is 11.1 Å². The van der Waals surface area contributed by atoms with Gasteiger partial charge in [0.1, 0.15) is 22.7 Å². The number of benzene rings is 3. The summed E-state index contributed by atoms with van der Waals surface area (Å²) in [6.45, 7) is 5.99. The summed E-state index contributed by atoms with van der Waals surface area (Å²) in [6, 6.07) is 24.6. The molecule has 5 rings (SSSR count). The highest BCUT2D eigenvalue weighted by molar-refractivity contribution is 5.97. The minimum atomic E-state index is 0.840. The first-order valence-corrected chi connectivity index (χ1v) is 8.98. The Morgan fingerprint density at radius 2 is 1.26 bits per heavy atom. The third-order valence-electron chi connectivity index (χ3n) is 5.01. The topological polar surface area (TPSA) is 26.3 Å². The van der Waals surface area contributed by atoms with Crippen LogP contribution >= 0.6 is 0 Å². The maximum atomic E-state index is 6.15. The molecule has 0 unspecified atom stereocenters. The quantitative estimate of drug-likeness (QED) is 0.337. The summed E-state index contributed by atoms with van der Waals surface area (Å²) in [7, 11) is 0. The van der Waals surface area contributed by atoms with Gasteiger partial charge in [0, 0.05) is 21.9 Å². The Bertz CT molecular complexity index is 1250. The predicted molar refractivity (Wildman–Crippen MR) is 112 cm³/mol.